The van der Waals surface area contributed by atoms with Crippen molar-refractivity contribution in [1.82, 2.24) is 4.90 Å². The average molecular weight is 668 g/mol. The molecule has 1 fully saturated rings. The van der Waals surface area contributed by atoms with Gasteiger partial charge in [-0.1, -0.05) is 0 Å². The maximum absolute atomic E-state index is 14.3. The number of carbonyl (C=O) groups is 3. The largest absolute Gasteiger partial charge is 0.465 e. The van der Waals surface area contributed by atoms with Crippen molar-refractivity contribution in [3.63, 3.8) is 0 Å². The molecule has 0 aliphatic carbocycles. The van der Waals surface area contributed by atoms with Crippen molar-refractivity contribution >= 4 is 55.6 Å². The predicted octanol–water partition coefficient (Wildman–Crippen LogP) is 5.95. The maximum atomic E-state index is 14.3. The number of nitrogens with zero attached hydrogens (tertiary/aromatic N) is 2. The van der Waals surface area contributed by atoms with E-state index in [1.807, 2.05) is 25.7 Å². The first-order chi connectivity index (χ1) is 17.7. The minimum atomic E-state index is -0.946. The summed E-state index contributed by atoms with van der Waals surface area (Å²) in [6.45, 7) is 7.52. The number of hydrogen-bond acceptors (Lipinski definition) is 7. The van der Waals surface area contributed by atoms with Gasteiger partial charge >= 0.3 is 18.0 Å². The fraction of sp³-hybridized carbons (Fsp3) is 0.400. The molecule has 1 heterocycles. The van der Waals surface area contributed by atoms with Crippen LogP contribution in [0.5, 0.6) is 0 Å². The Kier molecular flexibility index (Phi) is 11.0. The van der Waals surface area contributed by atoms with Crippen LogP contribution >= 0.6 is 31.9 Å². The fourth-order valence-electron chi connectivity index (χ4n) is 3.35. The van der Waals surface area contributed by atoms with E-state index in [0.717, 1.165) is 13.2 Å². The number of halogens is 5. The monoisotopic (exact) mass is 666 g/mol. The Balaban J connectivity index is 0.000000328. The zero-order chi connectivity index (χ0) is 28.8. The van der Waals surface area contributed by atoms with E-state index in [2.05, 4.69) is 41.3 Å². The highest BCUT2D eigenvalue weighted by molar-refractivity contribution is 9.10. The van der Waals surface area contributed by atoms with Crippen molar-refractivity contribution in [3.8, 4) is 0 Å². The van der Waals surface area contributed by atoms with Gasteiger partial charge in [0.25, 0.3) is 0 Å². The standard InChI is InChI=1S/C17H22BrFN2O4.C8H5BrF2O2/c1-17(2,3)25-16(23)21-7-5-20(6-8-21)11-9-12(18)14(13(19)10-11)15(22)24-4;1-13-8(12)7-5(9)2-4(10)3-6(7)11/h9-10H,5-8H2,1-4H3;2-3H,1H3. The summed E-state index contributed by atoms with van der Waals surface area (Å²) in [6.07, 6.45) is -0.347. The summed E-state index contributed by atoms with van der Waals surface area (Å²) >= 11 is 6.08. The van der Waals surface area contributed by atoms with E-state index in [1.54, 1.807) is 11.0 Å². The van der Waals surface area contributed by atoms with Gasteiger partial charge in [0.15, 0.2) is 0 Å². The fourth-order valence-corrected chi connectivity index (χ4v) is 4.51. The Hall–Kier alpha value is -2.80. The number of carbonyl (C=O) groups excluding carboxylic acids is 3. The van der Waals surface area contributed by atoms with Crippen LogP contribution in [-0.4, -0.2) is 68.9 Å². The zero-order valence-electron chi connectivity index (χ0n) is 21.4. The molecule has 2 aromatic carbocycles. The van der Waals surface area contributed by atoms with E-state index in [9.17, 15) is 27.6 Å². The molecule has 0 unspecified atom stereocenters. The summed E-state index contributed by atoms with van der Waals surface area (Å²) in [4.78, 5) is 38.2. The van der Waals surface area contributed by atoms with Crippen LogP contribution < -0.4 is 4.90 Å². The molecule has 208 valence electrons. The summed E-state index contributed by atoms with van der Waals surface area (Å²) in [6, 6.07) is 4.60. The number of anilines is 1. The Morgan fingerprint density at radius 2 is 1.26 bits per heavy atom. The summed E-state index contributed by atoms with van der Waals surface area (Å²) in [5, 5.41) is 0. The lowest BCUT2D eigenvalue weighted by molar-refractivity contribution is 0.0240. The number of esters is 2. The predicted molar refractivity (Wildman–Crippen MR) is 141 cm³/mol. The third-order valence-electron chi connectivity index (χ3n) is 5.11. The smallest absolute Gasteiger partial charge is 0.410 e. The van der Waals surface area contributed by atoms with Crippen molar-refractivity contribution < 1.29 is 41.8 Å². The Morgan fingerprint density at radius 3 is 1.68 bits per heavy atom. The topological polar surface area (TPSA) is 85.4 Å². The van der Waals surface area contributed by atoms with Gasteiger partial charge < -0.3 is 24.0 Å². The molecule has 38 heavy (non-hydrogen) atoms. The van der Waals surface area contributed by atoms with Crippen molar-refractivity contribution in [2.45, 2.75) is 26.4 Å². The molecule has 2 aromatic rings. The zero-order valence-corrected chi connectivity index (χ0v) is 24.5. The highest BCUT2D eigenvalue weighted by Crippen LogP contribution is 2.29. The van der Waals surface area contributed by atoms with E-state index >= 15 is 0 Å². The maximum Gasteiger partial charge on any atom is 0.410 e. The van der Waals surface area contributed by atoms with Crippen LogP contribution in [0.1, 0.15) is 41.5 Å². The van der Waals surface area contributed by atoms with Gasteiger partial charge in [0, 0.05) is 46.9 Å². The van der Waals surface area contributed by atoms with E-state index in [4.69, 9.17) is 4.74 Å². The van der Waals surface area contributed by atoms with Gasteiger partial charge in [-0.15, -0.1) is 0 Å². The summed E-state index contributed by atoms with van der Waals surface area (Å²) in [5.74, 6) is -3.92. The molecule has 1 aliphatic heterocycles. The number of piperazine rings is 1. The third kappa shape index (κ3) is 8.35. The van der Waals surface area contributed by atoms with Gasteiger partial charge in [0.2, 0.25) is 0 Å². The van der Waals surface area contributed by atoms with Gasteiger partial charge in [-0.3, -0.25) is 0 Å². The third-order valence-corrected chi connectivity index (χ3v) is 6.36. The summed E-state index contributed by atoms with van der Waals surface area (Å²) < 4.78 is 54.4. The molecule has 3 rings (SSSR count). The van der Waals surface area contributed by atoms with Crippen molar-refractivity contribution in [2.24, 2.45) is 0 Å². The lowest BCUT2D eigenvalue weighted by Crippen LogP contribution is -2.50. The first-order valence-corrected chi connectivity index (χ1v) is 12.8. The van der Waals surface area contributed by atoms with Crippen molar-refractivity contribution in [3.05, 3.63) is 61.8 Å². The first-order valence-electron chi connectivity index (χ1n) is 11.2. The molecule has 1 aliphatic rings. The number of methoxy groups -OCH3 is 2. The Morgan fingerprint density at radius 1 is 0.789 bits per heavy atom. The van der Waals surface area contributed by atoms with Gasteiger partial charge in [0.1, 0.15) is 34.2 Å². The van der Waals surface area contributed by atoms with E-state index < -0.39 is 35.0 Å². The molecule has 13 heteroatoms. The highest BCUT2D eigenvalue weighted by atomic mass is 79.9. The molecular formula is C25H27Br2F3N2O6. The first kappa shape index (κ1) is 31.4. The lowest BCUT2D eigenvalue weighted by Gasteiger charge is -2.36. The average Bonchev–Trinajstić information content (AvgIpc) is 2.82. The molecule has 0 N–H and O–H groups in total. The van der Waals surface area contributed by atoms with Crippen LogP contribution in [0, 0.1) is 17.5 Å². The highest BCUT2D eigenvalue weighted by Gasteiger charge is 2.27. The SMILES string of the molecule is COC(=O)c1c(F)cc(F)cc1Br.COC(=O)c1c(F)cc(N2CCN(C(=O)OC(C)(C)C)CC2)cc1Br. The van der Waals surface area contributed by atoms with E-state index in [0.29, 0.717) is 42.4 Å². The molecule has 1 amide bonds. The second-order valence-corrected chi connectivity index (χ2v) is 10.7. The van der Waals surface area contributed by atoms with Crippen LogP contribution in [0.2, 0.25) is 0 Å². The van der Waals surface area contributed by atoms with Gasteiger partial charge in [-0.25, -0.2) is 27.6 Å². The van der Waals surface area contributed by atoms with Crippen LogP contribution in [-0.2, 0) is 14.2 Å². The quantitative estimate of drug-likeness (QED) is 0.296. The Bertz CT molecular complexity index is 1150. The van der Waals surface area contributed by atoms with Crippen LogP contribution in [0.4, 0.5) is 23.7 Å². The van der Waals surface area contributed by atoms with E-state index in [1.165, 1.54) is 13.2 Å². The lowest BCUT2D eigenvalue weighted by atomic mass is 10.1. The van der Waals surface area contributed by atoms with Gasteiger partial charge in [-0.05, 0) is 70.8 Å². The van der Waals surface area contributed by atoms with Crippen LogP contribution in [0.3, 0.4) is 0 Å². The summed E-state index contributed by atoms with van der Waals surface area (Å²) in [5.41, 5.74) is -0.324. The molecule has 0 aromatic heterocycles. The molecule has 1 saturated heterocycles. The number of benzene rings is 2. The normalized spacial score (nSPS) is 13.3. The number of amides is 1. The molecule has 0 saturated carbocycles. The minimum Gasteiger partial charge on any atom is -0.465 e. The molecular weight excluding hydrogens is 641 g/mol. The molecule has 0 bridgehead atoms. The van der Waals surface area contributed by atoms with Crippen LogP contribution in [0.15, 0.2) is 33.2 Å². The minimum absolute atomic E-state index is 0.0388. The summed E-state index contributed by atoms with van der Waals surface area (Å²) in [7, 11) is 2.33. The number of ether oxygens (including phenoxy) is 3. The van der Waals surface area contributed by atoms with Crippen molar-refractivity contribution in [1.29, 1.82) is 0 Å². The van der Waals surface area contributed by atoms with Gasteiger partial charge in [-0.2, -0.15) is 0 Å². The van der Waals surface area contributed by atoms with Gasteiger partial charge in [0.05, 0.1) is 14.2 Å². The molecule has 8 nitrogen and oxygen atoms in total. The number of hydrogen-bond donors (Lipinski definition) is 0. The molecule has 0 spiro atoms. The second-order valence-electron chi connectivity index (χ2n) is 8.97. The number of rotatable bonds is 3. The van der Waals surface area contributed by atoms with E-state index in [-0.39, 0.29) is 21.7 Å². The van der Waals surface area contributed by atoms with Crippen molar-refractivity contribution in [2.75, 3.05) is 45.3 Å². The second kappa shape index (κ2) is 13.3. The Labute approximate surface area is 235 Å². The molecule has 0 radical (unpaired) electrons. The van der Waals surface area contributed by atoms with Crippen LogP contribution in [0.25, 0.3) is 0 Å². The molecule has 0 atom stereocenters.